The van der Waals surface area contributed by atoms with Gasteiger partial charge in [-0.05, 0) is 30.3 Å². The Morgan fingerprint density at radius 1 is 1.24 bits per heavy atom. The number of hydrogen-bond donors (Lipinski definition) is 2. The van der Waals surface area contributed by atoms with Crippen LogP contribution >= 0.6 is 11.6 Å². The summed E-state index contributed by atoms with van der Waals surface area (Å²) in [6, 6.07) is 11.2. The standard InChI is InChI=1S/C15H14ClFN2O2/c1-21-12-4-2-3-10(7-12)18-9-15(20)19-11-5-6-14(17)13(16)8-11/h2-8,18H,9H2,1H3,(H,19,20). The summed E-state index contributed by atoms with van der Waals surface area (Å²) in [7, 11) is 1.57. The highest BCUT2D eigenvalue weighted by Gasteiger charge is 2.05. The lowest BCUT2D eigenvalue weighted by atomic mass is 10.3. The average Bonchev–Trinajstić information content (AvgIpc) is 2.49. The van der Waals surface area contributed by atoms with E-state index >= 15 is 0 Å². The highest BCUT2D eigenvalue weighted by Crippen LogP contribution is 2.19. The summed E-state index contributed by atoms with van der Waals surface area (Å²) >= 11 is 5.65. The molecule has 0 unspecified atom stereocenters. The second kappa shape index (κ2) is 6.95. The van der Waals surface area contributed by atoms with Crippen LogP contribution in [0.2, 0.25) is 5.02 Å². The third-order valence-corrected chi connectivity index (χ3v) is 3.02. The molecule has 2 aromatic rings. The molecular formula is C15H14ClFN2O2. The van der Waals surface area contributed by atoms with E-state index in [2.05, 4.69) is 10.6 Å². The molecule has 0 heterocycles. The van der Waals surface area contributed by atoms with Crippen LogP contribution in [0.5, 0.6) is 5.75 Å². The Balaban J connectivity index is 1.91. The minimum atomic E-state index is -0.524. The smallest absolute Gasteiger partial charge is 0.243 e. The predicted octanol–water partition coefficient (Wildman–Crippen LogP) is 3.54. The molecule has 0 bridgehead atoms. The number of carbonyl (C=O) groups is 1. The first-order valence-electron chi connectivity index (χ1n) is 6.21. The summed E-state index contributed by atoms with van der Waals surface area (Å²) in [4.78, 5) is 11.8. The van der Waals surface area contributed by atoms with Crippen LogP contribution < -0.4 is 15.4 Å². The van der Waals surface area contributed by atoms with Crippen molar-refractivity contribution in [2.45, 2.75) is 0 Å². The predicted molar refractivity (Wildman–Crippen MR) is 81.5 cm³/mol. The minimum absolute atomic E-state index is 0.0337. The number of anilines is 2. The number of nitrogens with one attached hydrogen (secondary N) is 2. The van der Waals surface area contributed by atoms with Crippen LogP contribution in [0.25, 0.3) is 0 Å². The van der Waals surface area contributed by atoms with Gasteiger partial charge in [-0.2, -0.15) is 0 Å². The highest BCUT2D eigenvalue weighted by molar-refractivity contribution is 6.31. The van der Waals surface area contributed by atoms with Crippen molar-refractivity contribution in [3.8, 4) is 5.75 Å². The molecule has 4 nitrogen and oxygen atoms in total. The van der Waals surface area contributed by atoms with Gasteiger partial charge in [-0.3, -0.25) is 4.79 Å². The summed E-state index contributed by atoms with van der Waals surface area (Å²) in [5, 5.41) is 5.56. The first-order valence-corrected chi connectivity index (χ1v) is 6.59. The van der Waals surface area contributed by atoms with Crippen molar-refractivity contribution < 1.29 is 13.9 Å². The topological polar surface area (TPSA) is 50.4 Å². The quantitative estimate of drug-likeness (QED) is 0.888. The van der Waals surface area contributed by atoms with Crippen molar-refractivity contribution in [1.29, 1.82) is 0 Å². The van der Waals surface area contributed by atoms with E-state index in [9.17, 15) is 9.18 Å². The Kier molecular flexibility index (Phi) is 5.00. The number of halogens is 2. The minimum Gasteiger partial charge on any atom is -0.497 e. The lowest BCUT2D eigenvalue weighted by Crippen LogP contribution is -2.21. The maximum atomic E-state index is 13.0. The number of rotatable bonds is 5. The van der Waals surface area contributed by atoms with Gasteiger partial charge in [0, 0.05) is 17.4 Å². The SMILES string of the molecule is COc1cccc(NCC(=O)Nc2ccc(F)c(Cl)c2)c1. The number of amides is 1. The maximum Gasteiger partial charge on any atom is 0.243 e. The molecular weight excluding hydrogens is 295 g/mol. The molecule has 110 valence electrons. The van der Waals surface area contributed by atoms with Crippen molar-refractivity contribution in [3.63, 3.8) is 0 Å². The lowest BCUT2D eigenvalue weighted by Gasteiger charge is -2.09. The van der Waals surface area contributed by atoms with Gasteiger partial charge in [0.15, 0.2) is 0 Å². The largest absolute Gasteiger partial charge is 0.497 e. The second-order valence-corrected chi connectivity index (χ2v) is 4.67. The zero-order valence-corrected chi connectivity index (χ0v) is 12.1. The van der Waals surface area contributed by atoms with Gasteiger partial charge in [-0.1, -0.05) is 17.7 Å². The molecule has 0 radical (unpaired) electrons. The summed E-state index contributed by atoms with van der Waals surface area (Å²) < 4.78 is 18.1. The Labute approximate surface area is 126 Å². The number of methoxy groups -OCH3 is 1. The van der Waals surface area contributed by atoms with E-state index < -0.39 is 5.82 Å². The lowest BCUT2D eigenvalue weighted by molar-refractivity contribution is -0.114. The molecule has 0 saturated heterocycles. The molecule has 0 aromatic heterocycles. The van der Waals surface area contributed by atoms with Gasteiger partial charge >= 0.3 is 0 Å². The van der Waals surface area contributed by atoms with Gasteiger partial charge in [-0.25, -0.2) is 4.39 Å². The van der Waals surface area contributed by atoms with Gasteiger partial charge in [0.2, 0.25) is 5.91 Å². The van der Waals surface area contributed by atoms with E-state index in [0.717, 1.165) is 5.69 Å². The Bertz CT molecular complexity index is 649. The molecule has 2 N–H and O–H groups in total. The number of hydrogen-bond acceptors (Lipinski definition) is 3. The van der Waals surface area contributed by atoms with Crippen molar-refractivity contribution in [2.75, 3.05) is 24.3 Å². The van der Waals surface area contributed by atoms with Gasteiger partial charge in [0.05, 0.1) is 18.7 Å². The van der Waals surface area contributed by atoms with E-state index in [0.29, 0.717) is 11.4 Å². The van der Waals surface area contributed by atoms with Gasteiger partial charge < -0.3 is 15.4 Å². The van der Waals surface area contributed by atoms with Crippen molar-refractivity contribution in [3.05, 3.63) is 53.3 Å². The fourth-order valence-corrected chi connectivity index (χ4v) is 1.87. The molecule has 0 aliphatic heterocycles. The highest BCUT2D eigenvalue weighted by atomic mass is 35.5. The summed E-state index contributed by atoms with van der Waals surface area (Å²) in [5.74, 6) is -0.0876. The van der Waals surface area contributed by atoms with E-state index in [1.165, 1.54) is 18.2 Å². The third-order valence-electron chi connectivity index (χ3n) is 2.73. The normalized spacial score (nSPS) is 10.0. The van der Waals surface area contributed by atoms with Crippen LogP contribution in [-0.4, -0.2) is 19.6 Å². The zero-order chi connectivity index (χ0) is 15.2. The molecule has 1 amide bonds. The molecule has 2 aromatic carbocycles. The van der Waals surface area contributed by atoms with Crippen LogP contribution in [0.1, 0.15) is 0 Å². The monoisotopic (exact) mass is 308 g/mol. The summed E-state index contributed by atoms with van der Waals surface area (Å²) in [6.07, 6.45) is 0. The van der Waals surface area contributed by atoms with Gasteiger partial charge in [-0.15, -0.1) is 0 Å². The van der Waals surface area contributed by atoms with E-state index in [-0.39, 0.29) is 17.5 Å². The van der Waals surface area contributed by atoms with Crippen molar-refractivity contribution in [2.24, 2.45) is 0 Å². The zero-order valence-electron chi connectivity index (χ0n) is 11.3. The third kappa shape index (κ3) is 4.36. The van der Waals surface area contributed by atoms with Crippen LogP contribution in [0.3, 0.4) is 0 Å². The molecule has 0 aliphatic carbocycles. The molecule has 6 heteroatoms. The number of carbonyl (C=O) groups excluding carboxylic acids is 1. The van der Waals surface area contributed by atoms with Crippen LogP contribution in [0, 0.1) is 5.82 Å². The van der Waals surface area contributed by atoms with Gasteiger partial charge in [0.25, 0.3) is 0 Å². The molecule has 0 fully saturated rings. The molecule has 0 atom stereocenters. The van der Waals surface area contributed by atoms with Crippen LogP contribution in [0.15, 0.2) is 42.5 Å². The number of benzene rings is 2. The van der Waals surface area contributed by atoms with Crippen LogP contribution in [-0.2, 0) is 4.79 Å². The Morgan fingerprint density at radius 3 is 2.76 bits per heavy atom. The van der Waals surface area contributed by atoms with E-state index in [1.54, 1.807) is 13.2 Å². The fraction of sp³-hybridized carbons (Fsp3) is 0.133. The summed E-state index contributed by atoms with van der Waals surface area (Å²) in [5.41, 5.74) is 1.21. The van der Waals surface area contributed by atoms with E-state index in [1.807, 2.05) is 18.2 Å². The Hall–Kier alpha value is -2.27. The molecule has 0 saturated carbocycles. The van der Waals surface area contributed by atoms with Crippen molar-refractivity contribution >= 4 is 28.9 Å². The Morgan fingerprint density at radius 2 is 2.05 bits per heavy atom. The first-order chi connectivity index (χ1) is 10.1. The van der Waals surface area contributed by atoms with Crippen LogP contribution in [0.4, 0.5) is 15.8 Å². The molecule has 2 rings (SSSR count). The number of ether oxygens (including phenoxy) is 1. The van der Waals surface area contributed by atoms with Gasteiger partial charge in [0.1, 0.15) is 11.6 Å². The van der Waals surface area contributed by atoms with Crippen molar-refractivity contribution in [1.82, 2.24) is 0 Å². The first kappa shape index (κ1) is 15.1. The van der Waals surface area contributed by atoms with E-state index in [4.69, 9.17) is 16.3 Å². The molecule has 0 spiro atoms. The summed E-state index contributed by atoms with van der Waals surface area (Å²) in [6.45, 7) is 0.0716. The molecule has 0 aliphatic rings. The maximum absolute atomic E-state index is 13.0. The second-order valence-electron chi connectivity index (χ2n) is 4.26. The fourth-order valence-electron chi connectivity index (χ4n) is 1.69. The molecule has 21 heavy (non-hydrogen) atoms. The average molecular weight is 309 g/mol.